The van der Waals surface area contributed by atoms with Crippen molar-refractivity contribution in [3.63, 3.8) is 0 Å². The molecule has 0 saturated heterocycles. The highest BCUT2D eigenvalue weighted by molar-refractivity contribution is 7.95. The van der Waals surface area contributed by atoms with E-state index in [1.807, 2.05) is 0 Å². The zero-order valence-electron chi connectivity index (χ0n) is 2.01. The molecule has 1 atom stereocenters. The number of hydrogen-bond acceptors (Lipinski definition) is 0. The van der Waals surface area contributed by atoms with Gasteiger partial charge < -0.3 is 0 Å². The van der Waals surface area contributed by atoms with Crippen molar-refractivity contribution in [2.45, 2.75) is 0 Å². The number of rotatable bonds is 0. The Morgan fingerprint density at radius 2 is 1.75 bits per heavy atom. The molecule has 0 saturated carbocycles. The van der Waals surface area contributed by atoms with E-state index in [2.05, 4.69) is 8.93 Å². The first-order valence-corrected chi connectivity index (χ1v) is 3.10. The Morgan fingerprint density at radius 1 is 1.75 bits per heavy atom. The van der Waals surface area contributed by atoms with Crippen LogP contribution in [-0.4, -0.2) is 0 Å². The van der Waals surface area contributed by atoms with Gasteiger partial charge in [-0.05, 0) is 8.93 Å². The zero-order chi connectivity index (χ0) is 2.71. The lowest BCUT2D eigenvalue weighted by atomic mass is 14.0. The van der Waals surface area contributed by atoms with E-state index in [1.54, 1.807) is 0 Å². The van der Waals surface area contributed by atoms with Crippen molar-refractivity contribution in [1.82, 2.24) is 0 Å². The van der Waals surface area contributed by atoms with Gasteiger partial charge in [0.2, 0.25) is 8.06 Å². The van der Waals surface area contributed by atoms with Crippen LogP contribution in [-0.2, 0) is 0 Å². The summed E-state index contributed by atoms with van der Waals surface area (Å²) in [7, 11) is 3.16. The molecule has 0 fully saturated rings. The third kappa shape index (κ3) is 13.9. The predicted octanol–water partition coefficient (Wildman–Crippen LogP) is 0.0872. The summed E-state index contributed by atoms with van der Waals surface area (Å²) < 4.78 is 0. The summed E-state index contributed by atoms with van der Waals surface area (Å²) in [6, 6.07) is 0. The summed E-state index contributed by atoms with van der Waals surface area (Å²) in [5.41, 5.74) is 0. The molecular formula is H5ClNP2+. The van der Waals surface area contributed by atoms with E-state index in [4.69, 9.17) is 5.16 Å². The molecule has 0 aromatic carbocycles. The first kappa shape index (κ1) is 8.84. The van der Waals surface area contributed by atoms with E-state index in [0.29, 0.717) is 0 Å². The van der Waals surface area contributed by atoms with Gasteiger partial charge in [0.25, 0.3) is 0 Å². The molecule has 2 N–H and O–H groups in total. The van der Waals surface area contributed by atoms with E-state index in [0.717, 1.165) is 8.06 Å². The van der Waals surface area contributed by atoms with Crippen molar-refractivity contribution in [2.24, 2.45) is 0 Å². The minimum atomic E-state index is 0. The molecule has 0 spiro atoms. The molecule has 0 amide bonds. The maximum absolute atomic E-state index is 4.78. The van der Waals surface area contributed by atoms with Gasteiger partial charge in [-0.15, -0.1) is 12.4 Å². The first-order chi connectivity index (χ1) is 1.41. The van der Waals surface area contributed by atoms with Crippen molar-refractivity contribution >= 4 is 29.4 Å². The van der Waals surface area contributed by atoms with Crippen molar-refractivity contribution in [2.75, 3.05) is 0 Å². The Bertz CT molecular complexity index is 13.5. The van der Waals surface area contributed by atoms with Crippen LogP contribution in [0.15, 0.2) is 0 Å². The Hall–Kier alpha value is 0.820. The van der Waals surface area contributed by atoms with Crippen LogP contribution in [0, 0.1) is 0 Å². The summed E-state index contributed by atoms with van der Waals surface area (Å²) in [5.74, 6) is 0. The van der Waals surface area contributed by atoms with E-state index < -0.39 is 0 Å². The van der Waals surface area contributed by atoms with E-state index in [9.17, 15) is 0 Å². The topological polar surface area (TPSA) is 25.6 Å². The van der Waals surface area contributed by atoms with Crippen LogP contribution in [0.4, 0.5) is 0 Å². The standard InChI is InChI=1S/ClH.H3NP2/c;1-3-2/h1H;1H,2H2/p+1. The maximum atomic E-state index is 4.78. The smallest absolute Gasteiger partial charge is 0.221 e. The summed E-state index contributed by atoms with van der Waals surface area (Å²) >= 11 is 0. The Labute approximate surface area is 35.4 Å². The van der Waals surface area contributed by atoms with E-state index in [1.165, 1.54) is 0 Å². The molecular weight excluding hydrogens is 111 g/mol. The second-order valence-electron chi connectivity index (χ2n) is 0.149. The molecule has 4 heteroatoms. The van der Waals surface area contributed by atoms with E-state index >= 15 is 0 Å². The Morgan fingerprint density at radius 3 is 1.75 bits per heavy atom. The first-order valence-electron chi connectivity index (χ1n) is 0.516. The van der Waals surface area contributed by atoms with Crippen LogP contribution in [0.2, 0.25) is 0 Å². The molecule has 1 nitrogen and oxygen atoms in total. The average Bonchev–Trinajstić information content (AvgIpc) is 0.918. The van der Waals surface area contributed by atoms with Gasteiger partial charge in [0.15, 0.2) is 0 Å². The van der Waals surface area contributed by atoms with Crippen molar-refractivity contribution in [1.29, 1.82) is 0 Å². The molecule has 0 heterocycles. The highest BCUT2D eigenvalue weighted by Crippen LogP contribution is 1.93. The summed E-state index contributed by atoms with van der Waals surface area (Å²) in [5, 5.41) is 4.78. The van der Waals surface area contributed by atoms with Gasteiger partial charge in [-0.1, -0.05) is 0 Å². The van der Waals surface area contributed by atoms with Gasteiger partial charge in [0, 0.05) is 0 Å². The molecule has 1 unspecified atom stereocenters. The van der Waals surface area contributed by atoms with Gasteiger partial charge in [0.05, 0.1) is 0 Å². The second kappa shape index (κ2) is 9.17. The molecule has 0 aliphatic rings. The minimum absolute atomic E-state index is 0. The molecule has 0 radical (unpaired) electrons. The Kier molecular flexibility index (Phi) is 20.3. The number of hydrogen-bond donors (Lipinski definition) is 1. The fraction of sp³-hybridized carbons (Fsp3) is 0. The third-order valence-electron chi connectivity index (χ3n) is 0. The summed E-state index contributed by atoms with van der Waals surface area (Å²) in [4.78, 5) is 0. The molecule has 26 valence electrons. The van der Waals surface area contributed by atoms with Crippen LogP contribution < -0.4 is 5.16 Å². The third-order valence-corrected chi connectivity index (χ3v) is 0. The highest BCUT2D eigenvalue weighted by atomic mass is 35.5. The van der Waals surface area contributed by atoms with Crippen molar-refractivity contribution in [3.05, 3.63) is 0 Å². The molecule has 0 aromatic rings. The molecule has 0 rings (SSSR count). The van der Waals surface area contributed by atoms with Crippen molar-refractivity contribution < 1.29 is 5.16 Å². The average molecular weight is 116 g/mol. The lowest BCUT2D eigenvalue weighted by Gasteiger charge is -1.17. The van der Waals surface area contributed by atoms with Crippen LogP contribution >= 0.6 is 29.4 Å². The highest BCUT2D eigenvalue weighted by Gasteiger charge is 1.31. The van der Waals surface area contributed by atoms with Crippen LogP contribution in [0.5, 0.6) is 0 Å². The molecule has 0 bridgehead atoms. The van der Waals surface area contributed by atoms with Gasteiger partial charge in [-0.2, -0.15) is 0 Å². The normalized spacial score (nSPS) is 5.25. The maximum Gasteiger partial charge on any atom is 0.221 e. The predicted molar refractivity (Wildman–Crippen MR) is 25.8 cm³/mol. The largest absolute Gasteiger partial charge is 0.242 e. The fourth-order valence-corrected chi connectivity index (χ4v) is 0. The monoisotopic (exact) mass is 116 g/mol. The van der Waals surface area contributed by atoms with Crippen LogP contribution in [0.1, 0.15) is 0 Å². The zero-order valence-corrected chi connectivity index (χ0v) is 4.88. The van der Waals surface area contributed by atoms with Gasteiger partial charge in [0.1, 0.15) is 0 Å². The van der Waals surface area contributed by atoms with Gasteiger partial charge in [-0.25, -0.2) is 5.16 Å². The quantitative estimate of drug-likeness (QED) is 0.434. The summed E-state index contributed by atoms with van der Waals surface area (Å²) in [6.45, 7) is 0. The fourth-order valence-electron chi connectivity index (χ4n) is 0. The number of halogens is 1. The molecule has 0 aliphatic carbocycles. The lowest BCUT2D eigenvalue weighted by molar-refractivity contribution is -0.0730. The molecule has 0 aliphatic heterocycles. The van der Waals surface area contributed by atoms with Crippen LogP contribution in [0.25, 0.3) is 0 Å². The van der Waals surface area contributed by atoms with E-state index in [-0.39, 0.29) is 12.4 Å². The van der Waals surface area contributed by atoms with Crippen molar-refractivity contribution in [3.8, 4) is 0 Å². The summed E-state index contributed by atoms with van der Waals surface area (Å²) in [6.07, 6.45) is 0. The Balaban J connectivity index is 0. The molecule has 0 aromatic heterocycles. The van der Waals surface area contributed by atoms with Gasteiger partial charge in [-0.3, -0.25) is 0 Å². The number of nitrogens with two attached hydrogens (primary N) is 1. The van der Waals surface area contributed by atoms with Crippen LogP contribution in [0.3, 0.4) is 0 Å². The lowest BCUT2D eigenvalue weighted by Crippen LogP contribution is -2.14. The molecule has 4 heavy (non-hydrogen) atoms. The van der Waals surface area contributed by atoms with Gasteiger partial charge >= 0.3 is 0 Å². The second-order valence-corrected chi connectivity index (χ2v) is 1.34. The minimum Gasteiger partial charge on any atom is -0.242 e. The SMILES string of the molecule is Cl.[NH2+]=PP.